The lowest BCUT2D eigenvalue weighted by molar-refractivity contribution is -0.115. The van der Waals surface area contributed by atoms with Crippen molar-refractivity contribution >= 4 is 28.6 Å². The summed E-state index contributed by atoms with van der Waals surface area (Å²) in [7, 11) is 1.59. The van der Waals surface area contributed by atoms with Crippen LogP contribution in [0.2, 0.25) is 0 Å². The Morgan fingerprint density at radius 2 is 1.88 bits per heavy atom. The van der Waals surface area contributed by atoms with E-state index in [1.165, 1.54) is 0 Å². The van der Waals surface area contributed by atoms with E-state index < -0.39 is 0 Å². The van der Waals surface area contributed by atoms with E-state index in [9.17, 15) is 4.79 Å². The molecule has 0 unspecified atom stereocenters. The summed E-state index contributed by atoms with van der Waals surface area (Å²) in [5.74, 6) is 0.374. The second-order valence-corrected chi connectivity index (χ2v) is 6.26. The van der Waals surface area contributed by atoms with E-state index in [2.05, 4.69) is 16.4 Å². The van der Waals surface area contributed by atoms with Crippen LogP contribution in [-0.2, 0) is 4.79 Å². The quantitative estimate of drug-likeness (QED) is 0.729. The second-order valence-electron chi connectivity index (χ2n) is 6.26. The van der Waals surface area contributed by atoms with Gasteiger partial charge in [-0.2, -0.15) is 0 Å². The highest BCUT2D eigenvalue weighted by atomic mass is 16.5. The van der Waals surface area contributed by atoms with Crippen molar-refractivity contribution in [2.45, 2.75) is 6.92 Å². The molecule has 4 nitrogen and oxygen atoms in total. The number of nitrogens with zero attached hydrogens (tertiary/aromatic N) is 1. The number of aryl methyl sites for hydroxylation is 1. The minimum Gasteiger partial charge on any atom is -0.481 e. The van der Waals surface area contributed by atoms with E-state index in [1.54, 1.807) is 7.11 Å². The molecule has 0 radical (unpaired) electrons. The van der Waals surface area contributed by atoms with Crippen LogP contribution in [0.1, 0.15) is 16.7 Å². The Hall–Kier alpha value is -3.40. The maximum absolute atomic E-state index is 12.4. The molecule has 0 saturated heterocycles. The van der Waals surface area contributed by atoms with Crippen LogP contribution in [-0.4, -0.2) is 18.0 Å². The molecule has 2 heterocycles. The molecule has 3 aromatic rings. The number of ether oxygens (including phenoxy) is 1. The van der Waals surface area contributed by atoms with Gasteiger partial charge in [-0.05, 0) is 42.8 Å². The first-order valence-corrected chi connectivity index (χ1v) is 8.39. The molecule has 2 aromatic carbocycles. The molecular formula is C22H18N2O2. The van der Waals surface area contributed by atoms with E-state index in [0.717, 1.165) is 33.3 Å². The summed E-state index contributed by atoms with van der Waals surface area (Å²) in [5, 5.41) is 3.93. The molecule has 128 valence electrons. The van der Waals surface area contributed by atoms with Crippen LogP contribution in [0, 0.1) is 6.92 Å². The van der Waals surface area contributed by atoms with Crippen molar-refractivity contribution in [1.29, 1.82) is 0 Å². The Balaban J connectivity index is 1.80. The SMILES string of the molecule is COc1nc2ccc(C)cc2cc1/C=C1/C=C(c2ccccc2)NC1=O. The van der Waals surface area contributed by atoms with Crippen LogP contribution in [0.3, 0.4) is 0 Å². The second kappa shape index (κ2) is 6.48. The summed E-state index contributed by atoms with van der Waals surface area (Å²) in [6.45, 7) is 2.04. The standard InChI is InChI=1S/C22H18N2O2/c1-14-8-9-19-16(10-14)11-18(22(24-19)26-2)12-17-13-20(23-21(17)25)15-6-4-3-5-7-15/h3-13H,1-2H3,(H,23,25)/b17-12-. The van der Waals surface area contributed by atoms with Gasteiger partial charge in [-0.1, -0.05) is 42.0 Å². The highest BCUT2D eigenvalue weighted by molar-refractivity contribution is 6.11. The molecule has 0 fully saturated rings. The van der Waals surface area contributed by atoms with Gasteiger partial charge in [0.05, 0.1) is 12.6 Å². The van der Waals surface area contributed by atoms with Crippen LogP contribution < -0.4 is 10.1 Å². The third kappa shape index (κ3) is 2.97. The summed E-state index contributed by atoms with van der Waals surface area (Å²) in [6.07, 6.45) is 3.68. The van der Waals surface area contributed by atoms with Crippen molar-refractivity contribution < 1.29 is 9.53 Å². The van der Waals surface area contributed by atoms with Crippen LogP contribution >= 0.6 is 0 Å². The zero-order valence-electron chi connectivity index (χ0n) is 14.6. The van der Waals surface area contributed by atoms with E-state index in [4.69, 9.17) is 4.74 Å². The van der Waals surface area contributed by atoms with E-state index in [0.29, 0.717) is 11.5 Å². The van der Waals surface area contributed by atoms with Crippen molar-refractivity contribution in [2.75, 3.05) is 7.11 Å². The molecule has 0 atom stereocenters. The number of carbonyl (C=O) groups is 1. The molecule has 1 amide bonds. The molecule has 0 spiro atoms. The topological polar surface area (TPSA) is 51.2 Å². The number of nitrogens with one attached hydrogen (secondary N) is 1. The normalized spacial score (nSPS) is 15.2. The van der Waals surface area contributed by atoms with Gasteiger partial charge in [0.25, 0.3) is 5.91 Å². The van der Waals surface area contributed by atoms with Crippen molar-refractivity contribution in [2.24, 2.45) is 0 Å². The van der Waals surface area contributed by atoms with E-state index in [-0.39, 0.29) is 5.91 Å². The number of fused-ring (bicyclic) bond motifs is 1. The summed E-state index contributed by atoms with van der Waals surface area (Å²) in [4.78, 5) is 16.9. The number of pyridine rings is 1. The molecule has 1 aromatic heterocycles. The Labute approximate surface area is 151 Å². The fourth-order valence-corrected chi connectivity index (χ4v) is 3.06. The lowest BCUT2D eigenvalue weighted by Gasteiger charge is -2.07. The Kier molecular flexibility index (Phi) is 4.01. The molecule has 0 saturated carbocycles. The van der Waals surface area contributed by atoms with Gasteiger partial charge in [-0.25, -0.2) is 4.98 Å². The molecule has 4 rings (SSSR count). The minimum atomic E-state index is -0.129. The van der Waals surface area contributed by atoms with Crippen molar-refractivity contribution in [1.82, 2.24) is 10.3 Å². The highest BCUT2D eigenvalue weighted by Crippen LogP contribution is 2.28. The van der Waals surface area contributed by atoms with Gasteiger partial charge in [0.1, 0.15) is 0 Å². The molecular weight excluding hydrogens is 324 g/mol. The molecule has 26 heavy (non-hydrogen) atoms. The number of methoxy groups -OCH3 is 1. The van der Waals surface area contributed by atoms with Crippen LogP contribution in [0.25, 0.3) is 22.7 Å². The number of rotatable bonds is 3. The molecule has 1 aliphatic heterocycles. The van der Waals surface area contributed by atoms with Crippen LogP contribution in [0.5, 0.6) is 5.88 Å². The molecule has 0 bridgehead atoms. The zero-order chi connectivity index (χ0) is 18.1. The molecule has 0 aliphatic carbocycles. The minimum absolute atomic E-state index is 0.129. The van der Waals surface area contributed by atoms with Crippen LogP contribution in [0.4, 0.5) is 0 Å². The van der Waals surface area contributed by atoms with Gasteiger partial charge in [0, 0.05) is 22.2 Å². The fourth-order valence-electron chi connectivity index (χ4n) is 3.06. The molecule has 4 heteroatoms. The van der Waals surface area contributed by atoms with E-state index in [1.807, 2.05) is 67.6 Å². The summed E-state index contributed by atoms with van der Waals surface area (Å²) in [5.41, 5.74) is 5.16. The Morgan fingerprint density at radius 1 is 1.08 bits per heavy atom. The number of hydrogen-bond donors (Lipinski definition) is 1. The highest BCUT2D eigenvalue weighted by Gasteiger charge is 2.19. The third-order valence-corrected chi connectivity index (χ3v) is 4.36. The van der Waals surface area contributed by atoms with Crippen molar-refractivity contribution in [3.63, 3.8) is 0 Å². The smallest absolute Gasteiger partial charge is 0.255 e. The third-order valence-electron chi connectivity index (χ3n) is 4.36. The van der Waals surface area contributed by atoms with Crippen LogP contribution in [0.15, 0.2) is 66.2 Å². The van der Waals surface area contributed by atoms with Crippen molar-refractivity contribution in [3.8, 4) is 5.88 Å². The lowest BCUT2D eigenvalue weighted by Crippen LogP contribution is -2.15. The van der Waals surface area contributed by atoms with Gasteiger partial charge in [0.2, 0.25) is 5.88 Å². The van der Waals surface area contributed by atoms with Gasteiger partial charge in [-0.15, -0.1) is 0 Å². The Morgan fingerprint density at radius 3 is 2.65 bits per heavy atom. The number of amides is 1. The van der Waals surface area contributed by atoms with Crippen molar-refractivity contribution in [3.05, 3.63) is 82.9 Å². The summed E-state index contributed by atoms with van der Waals surface area (Å²) >= 11 is 0. The number of carbonyl (C=O) groups excluding carboxylic acids is 1. The maximum Gasteiger partial charge on any atom is 0.255 e. The van der Waals surface area contributed by atoms with Gasteiger partial charge >= 0.3 is 0 Å². The number of aromatic nitrogens is 1. The van der Waals surface area contributed by atoms with Gasteiger partial charge in [-0.3, -0.25) is 4.79 Å². The molecule has 1 aliphatic rings. The Bertz CT molecular complexity index is 1070. The average molecular weight is 342 g/mol. The summed E-state index contributed by atoms with van der Waals surface area (Å²) < 4.78 is 5.43. The monoisotopic (exact) mass is 342 g/mol. The zero-order valence-corrected chi connectivity index (χ0v) is 14.6. The van der Waals surface area contributed by atoms with E-state index >= 15 is 0 Å². The van der Waals surface area contributed by atoms with Gasteiger partial charge < -0.3 is 10.1 Å². The first-order valence-electron chi connectivity index (χ1n) is 8.39. The largest absolute Gasteiger partial charge is 0.481 e. The molecule has 1 N–H and O–H groups in total. The maximum atomic E-state index is 12.4. The lowest BCUT2D eigenvalue weighted by atomic mass is 10.1. The predicted molar refractivity (Wildman–Crippen MR) is 104 cm³/mol. The fraction of sp³-hybridized carbons (Fsp3) is 0.0909. The average Bonchev–Trinajstić information content (AvgIpc) is 3.02. The van der Waals surface area contributed by atoms with Gasteiger partial charge in [0.15, 0.2) is 0 Å². The summed E-state index contributed by atoms with van der Waals surface area (Å²) in [6, 6.07) is 17.8. The first kappa shape index (κ1) is 16.1. The first-order chi connectivity index (χ1) is 12.6. The number of hydrogen-bond acceptors (Lipinski definition) is 3. The number of benzene rings is 2. The predicted octanol–water partition coefficient (Wildman–Crippen LogP) is 4.11.